The van der Waals surface area contributed by atoms with Gasteiger partial charge < -0.3 is 15.8 Å². The van der Waals surface area contributed by atoms with Crippen molar-refractivity contribution < 1.29 is 9.53 Å². The molecular weight excluding hydrogens is 416 g/mol. The predicted molar refractivity (Wildman–Crippen MR) is 130 cm³/mol. The van der Waals surface area contributed by atoms with Gasteiger partial charge in [0.15, 0.2) is 5.65 Å². The molecule has 0 bridgehead atoms. The molecule has 0 aliphatic heterocycles. The lowest BCUT2D eigenvalue weighted by Gasteiger charge is -2.09. The highest BCUT2D eigenvalue weighted by molar-refractivity contribution is 5.89. The van der Waals surface area contributed by atoms with E-state index in [9.17, 15) is 4.79 Å². The number of nitrogens with zero attached hydrogens (tertiary/aromatic N) is 3. The van der Waals surface area contributed by atoms with E-state index < -0.39 is 0 Å². The first-order valence-corrected chi connectivity index (χ1v) is 10.8. The van der Waals surface area contributed by atoms with Crippen LogP contribution in [0.3, 0.4) is 0 Å². The van der Waals surface area contributed by atoms with Gasteiger partial charge in [-0.1, -0.05) is 36.4 Å². The average molecular weight is 443 g/mol. The van der Waals surface area contributed by atoms with E-state index in [4.69, 9.17) is 10.5 Å². The number of carbonyl (C=O) groups excluding carboxylic acids is 1. The lowest BCUT2D eigenvalue weighted by atomic mass is 10.1. The number of methoxy groups -OCH3 is 1. The summed E-state index contributed by atoms with van der Waals surface area (Å²) < 4.78 is 5.28. The van der Waals surface area contributed by atoms with Crippen molar-refractivity contribution in [1.82, 2.24) is 20.3 Å². The Morgan fingerprint density at radius 3 is 2.70 bits per heavy atom. The number of fused-ring (bicyclic) bond motifs is 1. The van der Waals surface area contributed by atoms with Gasteiger partial charge in [-0.15, -0.1) is 0 Å². The van der Waals surface area contributed by atoms with Crippen LogP contribution < -0.4 is 21.1 Å². The highest BCUT2D eigenvalue weighted by Crippen LogP contribution is 2.28. The Bertz CT molecular complexity index is 1250. The number of carbonyl (C=O) groups is 1. The molecule has 2 heterocycles. The molecule has 2 amide bonds. The molecule has 4 aromatic rings. The molecule has 0 spiro atoms. The summed E-state index contributed by atoms with van der Waals surface area (Å²) in [5, 5.41) is 5.63. The highest BCUT2D eigenvalue weighted by atomic mass is 16.5. The molecule has 8 heteroatoms. The van der Waals surface area contributed by atoms with Gasteiger partial charge in [0.05, 0.1) is 24.7 Å². The summed E-state index contributed by atoms with van der Waals surface area (Å²) in [6.07, 6.45) is 4.57. The Morgan fingerprint density at radius 2 is 1.88 bits per heavy atom. The van der Waals surface area contributed by atoms with E-state index in [1.165, 1.54) is 5.56 Å². The van der Waals surface area contributed by atoms with Crippen molar-refractivity contribution in [2.75, 3.05) is 24.7 Å². The molecular formula is C25H26N6O2. The number of nitrogens with one attached hydrogen (secondary N) is 2. The van der Waals surface area contributed by atoms with E-state index in [0.29, 0.717) is 40.7 Å². The molecule has 4 rings (SSSR count). The number of benzene rings is 2. The second kappa shape index (κ2) is 10.4. The zero-order chi connectivity index (χ0) is 23.0. The molecule has 0 atom stereocenters. The summed E-state index contributed by atoms with van der Waals surface area (Å²) in [6, 6.07) is 18.9. The van der Waals surface area contributed by atoms with Gasteiger partial charge in [0.1, 0.15) is 17.1 Å². The van der Waals surface area contributed by atoms with Crippen molar-refractivity contribution >= 4 is 28.7 Å². The summed E-state index contributed by atoms with van der Waals surface area (Å²) in [5.74, 6) is 0.976. The number of hydrogen-bond donors (Lipinski definition) is 3. The van der Waals surface area contributed by atoms with Crippen LogP contribution in [0.1, 0.15) is 18.4 Å². The van der Waals surface area contributed by atoms with Crippen LogP contribution in [0.4, 0.5) is 16.3 Å². The van der Waals surface area contributed by atoms with E-state index in [-0.39, 0.29) is 6.03 Å². The summed E-state index contributed by atoms with van der Waals surface area (Å²) >= 11 is 0. The SMILES string of the molecule is COc1cc(-c2cnc3ccc(NC(=O)NCCCCc4ccccc4)nc3n2)ccc1N. The smallest absolute Gasteiger partial charge is 0.320 e. The predicted octanol–water partition coefficient (Wildman–Crippen LogP) is 4.43. The van der Waals surface area contributed by atoms with Gasteiger partial charge in [-0.2, -0.15) is 0 Å². The first-order valence-electron chi connectivity index (χ1n) is 10.8. The number of ether oxygens (including phenoxy) is 1. The Labute approximate surface area is 192 Å². The maximum absolute atomic E-state index is 12.2. The molecule has 2 aromatic carbocycles. The minimum absolute atomic E-state index is 0.297. The number of pyridine rings is 1. The lowest BCUT2D eigenvalue weighted by Crippen LogP contribution is -2.29. The minimum Gasteiger partial charge on any atom is -0.495 e. The normalized spacial score (nSPS) is 10.7. The Hall–Kier alpha value is -4.20. The van der Waals surface area contributed by atoms with Crippen molar-refractivity contribution in [2.24, 2.45) is 0 Å². The fourth-order valence-electron chi connectivity index (χ4n) is 3.44. The number of hydrogen-bond acceptors (Lipinski definition) is 6. The number of unbranched alkanes of at least 4 members (excludes halogenated alkanes) is 1. The molecule has 0 saturated heterocycles. The van der Waals surface area contributed by atoms with Crippen LogP contribution in [-0.4, -0.2) is 34.6 Å². The van der Waals surface area contributed by atoms with Crippen molar-refractivity contribution in [2.45, 2.75) is 19.3 Å². The number of amides is 2. The number of aryl methyl sites for hydroxylation is 1. The van der Waals surface area contributed by atoms with Crippen LogP contribution in [-0.2, 0) is 6.42 Å². The number of rotatable bonds is 8. The van der Waals surface area contributed by atoms with Crippen LogP contribution in [0.2, 0.25) is 0 Å². The monoisotopic (exact) mass is 442 g/mol. The molecule has 33 heavy (non-hydrogen) atoms. The van der Waals surface area contributed by atoms with E-state index in [1.807, 2.05) is 24.3 Å². The minimum atomic E-state index is -0.297. The summed E-state index contributed by atoms with van der Waals surface area (Å²) in [6.45, 7) is 0.592. The fourth-order valence-corrected chi connectivity index (χ4v) is 3.44. The zero-order valence-electron chi connectivity index (χ0n) is 18.4. The van der Waals surface area contributed by atoms with E-state index in [0.717, 1.165) is 24.8 Å². The molecule has 168 valence electrons. The van der Waals surface area contributed by atoms with Crippen LogP contribution in [0.25, 0.3) is 22.4 Å². The standard InChI is InChI=1S/C25H26N6O2/c1-33-22-15-18(10-11-19(22)26)21-16-28-20-12-13-23(30-24(20)29-21)31-25(32)27-14-6-5-9-17-7-3-2-4-8-17/h2-4,7-8,10-13,15-16H,5-6,9,14,26H2,1H3,(H2,27,29,30,31,32). The Morgan fingerprint density at radius 1 is 1.03 bits per heavy atom. The van der Waals surface area contributed by atoms with Crippen LogP contribution in [0, 0.1) is 0 Å². The number of anilines is 2. The van der Waals surface area contributed by atoms with Crippen molar-refractivity contribution in [3.63, 3.8) is 0 Å². The van der Waals surface area contributed by atoms with Gasteiger partial charge in [0, 0.05) is 12.1 Å². The van der Waals surface area contributed by atoms with Gasteiger partial charge in [-0.3, -0.25) is 10.3 Å². The van der Waals surface area contributed by atoms with E-state index in [2.05, 4.69) is 37.7 Å². The maximum Gasteiger partial charge on any atom is 0.320 e. The molecule has 8 nitrogen and oxygen atoms in total. The zero-order valence-corrected chi connectivity index (χ0v) is 18.4. The third kappa shape index (κ3) is 5.74. The van der Waals surface area contributed by atoms with Gasteiger partial charge in [0.2, 0.25) is 0 Å². The molecule has 2 aromatic heterocycles. The van der Waals surface area contributed by atoms with Gasteiger partial charge in [-0.05, 0) is 49.1 Å². The number of urea groups is 1. The third-order valence-corrected chi connectivity index (χ3v) is 5.20. The molecule has 0 fully saturated rings. The second-order valence-corrected chi connectivity index (χ2v) is 7.57. The number of nitrogens with two attached hydrogens (primary N) is 1. The molecule has 0 aliphatic carbocycles. The number of aromatic nitrogens is 3. The van der Waals surface area contributed by atoms with Crippen molar-refractivity contribution in [1.29, 1.82) is 0 Å². The summed E-state index contributed by atoms with van der Waals surface area (Å²) in [5.41, 5.74) is 10.3. The molecule has 0 saturated carbocycles. The molecule has 0 aliphatic rings. The number of nitrogen functional groups attached to an aromatic ring is 1. The maximum atomic E-state index is 12.2. The van der Waals surface area contributed by atoms with Crippen LogP contribution >= 0.6 is 0 Å². The second-order valence-electron chi connectivity index (χ2n) is 7.57. The first-order chi connectivity index (χ1) is 16.1. The first kappa shape index (κ1) is 22.0. The van der Waals surface area contributed by atoms with E-state index >= 15 is 0 Å². The molecule has 0 radical (unpaired) electrons. The average Bonchev–Trinajstić information content (AvgIpc) is 2.84. The van der Waals surface area contributed by atoms with Crippen molar-refractivity contribution in [3.05, 3.63) is 72.4 Å². The van der Waals surface area contributed by atoms with Crippen LogP contribution in [0.15, 0.2) is 66.9 Å². The van der Waals surface area contributed by atoms with Gasteiger partial charge in [-0.25, -0.2) is 14.8 Å². The van der Waals surface area contributed by atoms with Gasteiger partial charge in [0.25, 0.3) is 0 Å². The fraction of sp³-hybridized carbons (Fsp3) is 0.200. The largest absolute Gasteiger partial charge is 0.495 e. The summed E-state index contributed by atoms with van der Waals surface area (Å²) in [7, 11) is 1.56. The molecule has 0 unspecified atom stereocenters. The lowest BCUT2D eigenvalue weighted by molar-refractivity contribution is 0.252. The molecule has 4 N–H and O–H groups in total. The Kier molecular flexibility index (Phi) is 6.94. The van der Waals surface area contributed by atoms with Crippen molar-refractivity contribution in [3.8, 4) is 17.0 Å². The van der Waals surface area contributed by atoms with Crippen LogP contribution in [0.5, 0.6) is 5.75 Å². The highest BCUT2D eigenvalue weighted by Gasteiger charge is 2.09. The van der Waals surface area contributed by atoms with E-state index in [1.54, 1.807) is 37.6 Å². The third-order valence-electron chi connectivity index (χ3n) is 5.20. The van der Waals surface area contributed by atoms with Gasteiger partial charge >= 0.3 is 6.03 Å². The topological polar surface area (TPSA) is 115 Å². The quantitative estimate of drug-likeness (QED) is 0.275. The summed E-state index contributed by atoms with van der Waals surface area (Å²) in [4.78, 5) is 25.7. The Balaban J connectivity index is 1.35.